The monoisotopic (exact) mass is 759 g/mol. The van der Waals surface area contributed by atoms with Crippen LogP contribution in [0.5, 0.6) is 0 Å². The lowest BCUT2D eigenvalue weighted by molar-refractivity contribution is -0.291. The number of nitrogens with two attached hydrogens (primary N) is 4. The molecule has 1 saturated carbocycles. The van der Waals surface area contributed by atoms with Crippen molar-refractivity contribution in [1.82, 2.24) is 24.8 Å². The Balaban J connectivity index is 0.995. The molecule has 1 aromatic carbocycles. The van der Waals surface area contributed by atoms with Crippen LogP contribution in [0.15, 0.2) is 21.7 Å². The number of hydrogen-bond acceptors (Lipinski definition) is 15. The molecule has 54 heavy (non-hydrogen) atoms. The van der Waals surface area contributed by atoms with Crippen LogP contribution in [0.3, 0.4) is 0 Å². The topological polar surface area (TPSA) is 302 Å². The van der Waals surface area contributed by atoms with Gasteiger partial charge in [-0.1, -0.05) is 19.3 Å². The van der Waals surface area contributed by atoms with E-state index in [0.29, 0.717) is 44.5 Å². The third-order valence-electron chi connectivity index (χ3n) is 10.6. The fourth-order valence-corrected chi connectivity index (χ4v) is 7.19. The van der Waals surface area contributed by atoms with E-state index in [1.54, 1.807) is 0 Å². The van der Waals surface area contributed by atoms with Crippen molar-refractivity contribution in [1.29, 1.82) is 0 Å². The summed E-state index contributed by atoms with van der Waals surface area (Å²) in [5.41, 5.74) is 26.6. The number of carbonyl (C=O) groups is 1. The third-order valence-corrected chi connectivity index (χ3v) is 10.6. The van der Waals surface area contributed by atoms with E-state index in [1.807, 2.05) is 30.5 Å². The number of aromatic nitrogens is 4. The SMILES string of the molecule is Cc1cc2nc3c(=O)[nH]c(=O)nc-3n(CCCCCC(=O)NCCCCCCOC3C(O)C(N)CC(N)C3OC3OC(CN)C(O)C(O)C3N)c2cc1C. The minimum absolute atomic E-state index is 0.0208. The molecular formula is C36H57N9O9. The van der Waals surface area contributed by atoms with Gasteiger partial charge in [0.15, 0.2) is 17.8 Å². The molecule has 5 rings (SSSR count). The first-order chi connectivity index (χ1) is 25.8. The van der Waals surface area contributed by atoms with Gasteiger partial charge in [-0.2, -0.15) is 4.98 Å². The molecule has 0 radical (unpaired) electrons. The number of fused-ring (bicyclic) bond motifs is 2. The number of rotatable bonds is 17. The first-order valence-corrected chi connectivity index (χ1v) is 18.9. The molecular weight excluding hydrogens is 702 g/mol. The number of H-pyrrole nitrogens is 1. The van der Waals surface area contributed by atoms with E-state index in [9.17, 15) is 29.7 Å². The molecule has 0 bridgehead atoms. The van der Waals surface area contributed by atoms with Crippen molar-refractivity contribution < 1.29 is 34.3 Å². The van der Waals surface area contributed by atoms with Crippen molar-refractivity contribution in [3.63, 3.8) is 0 Å². The molecule has 0 spiro atoms. The van der Waals surface area contributed by atoms with Gasteiger partial charge in [0.05, 0.1) is 23.2 Å². The molecule has 13 N–H and O–H groups in total. The van der Waals surface area contributed by atoms with E-state index < -0.39 is 72.3 Å². The fraction of sp³-hybridized carbons (Fsp3) is 0.694. The molecule has 1 aliphatic carbocycles. The van der Waals surface area contributed by atoms with Crippen LogP contribution in [-0.2, 0) is 25.5 Å². The number of nitrogens with zero attached hydrogens (tertiary/aromatic N) is 3. The Hall–Kier alpha value is -3.43. The number of carbonyl (C=O) groups excluding carboxylic acids is 1. The van der Waals surface area contributed by atoms with Crippen LogP contribution < -0.4 is 39.5 Å². The lowest BCUT2D eigenvalue weighted by Crippen LogP contribution is -2.67. The summed E-state index contributed by atoms with van der Waals surface area (Å²) in [5.74, 6) is 0.231. The highest BCUT2D eigenvalue weighted by Gasteiger charge is 2.48. The van der Waals surface area contributed by atoms with Gasteiger partial charge in [-0.15, -0.1) is 0 Å². The minimum Gasteiger partial charge on any atom is -0.389 e. The summed E-state index contributed by atoms with van der Waals surface area (Å²) in [6.07, 6.45) is -1.36. The second-order valence-corrected chi connectivity index (χ2v) is 14.6. The zero-order chi connectivity index (χ0) is 39.1. The van der Waals surface area contributed by atoms with Crippen molar-refractivity contribution in [3.05, 3.63) is 44.1 Å². The number of amides is 1. The normalized spacial score (nSPS) is 28.8. The van der Waals surface area contributed by atoms with Gasteiger partial charge >= 0.3 is 5.69 Å². The summed E-state index contributed by atoms with van der Waals surface area (Å²) in [5, 5.41) is 34.4. The van der Waals surface area contributed by atoms with Gasteiger partial charge in [0.2, 0.25) is 5.91 Å². The van der Waals surface area contributed by atoms with E-state index in [1.165, 1.54) is 0 Å². The molecule has 10 atom stereocenters. The lowest BCUT2D eigenvalue weighted by Gasteiger charge is -2.46. The van der Waals surface area contributed by atoms with Gasteiger partial charge in [-0.05, 0) is 69.2 Å². The number of unbranched alkanes of at least 4 members (excludes halogenated alkanes) is 5. The van der Waals surface area contributed by atoms with E-state index in [0.717, 1.165) is 48.7 Å². The average Bonchev–Trinajstić information content (AvgIpc) is 3.13. The van der Waals surface area contributed by atoms with Crippen LogP contribution in [0.25, 0.3) is 22.6 Å². The molecule has 3 aliphatic heterocycles. The summed E-state index contributed by atoms with van der Waals surface area (Å²) in [7, 11) is 0. The Bertz CT molecular complexity index is 1790. The van der Waals surface area contributed by atoms with Crippen LogP contribution >= 0.6 is 0 Å². The van der Waals surface area contributed by atoms with E-state index in [2.05, 4.69) is 20.3 Å². The number of aryl methyl sites for hydroxylation is 3. The summed E-state index contributed by atoms with van der Waals surface area (Å²) in [6, 6.07) is 1.63. The summed E-state index contributed by atoms with van der Waals surface area (Å²) < 4.78 is 19.7. The van der Waals surface area contributed by atoms with Crippen molar-refractivity contribution in [2.24, 2.45) is 22.9 Å². The maximum absolute atomic E-state index is 12.5. The number of aromatic amines is 1. The molecule has 10 unspecified atom stereocenters. The highest BCUT2D eigenvalue weighted by molar-refractivity contribution is 5.81. The number of aliphatic hydroxyl groups is 3. The van der Waals surface area contributed by atoms with E-state index in [4.69, 9.17) is 37.1 Å². The zero-order valence-electron chi connectivity index (χ0n) is 31.1. The van der Waals surface area contributed by atoms with Crippen molar-refractivity contribution in [3.8, 4) is 11.5 Å². The smallest absolute Gasteiger partial charge is 0.349 e. The molecule has 18 nitrogen and oxygen atoms in total. The van der Waals surface area contributed by atoms with Gasteiger partial charge in [0.25, 0.3) is 5.56 Å². The van der Waals surface area contributed by atoms with Crippen molar-refractivity contribution >= 4 is 16.9 Å². The average molecular weight is 760 g/mol. The number of aliphatic hydroxyl groups excluding tert-OH is 3. The van der Waals surface area contributed by atoms with Gasteiger partial charge in [-0.25, -0.2) is 9.78 Å². The van der Waals surface area contributed by atoms with Crippen LogP contribution in [0.4, 0.5) is 0 Å². The van der Waals surface area contributed by atoms with E-state index in [-0.39, 0.29) is 30.4 Å². The number of hydrogen-bond donors (Lipinski definition) is 9. The van der Waals surface area contributed by atoms with Crippen LogP contribution in [-0.4, -0.2) is 121 Å². The molecule has 1 saturated heterocycles. The Morgan fingerprint density at radius 1 is 0.944 bits per heavy atom. The standard InChI is InChI=1S/C36H57N9O9/c1-18-14-22-23(15-19(18)2)45(33-27(42-22)34(50)44-36(51)43-33)12-8-5-6-10-25(46)41-11-7-3-4-9-13-52-32-28(47)20(38)16-21(39)31(32)54-35-26(40)30(49)29(48)24(17-37)53-35/h14-15,20-21,24,26,28-32,35,47-49H,3-13,16-17,37-40H2,1-2H3,(H,41,46)(H,44,50,51). The van der Waals surface area contributed by atoms with Crippen LogP contribution in [0.2, 0.25) is 0 Å². The van der Waals surface area contributed by atoms with Gasteiger partial charge in [0.1, 0.15) is 30.5 Å². The molecule has 300 valence electrons. The zero-order valence-corrected chi connectivity index (χ0v) is 31.1. The van der Waals surface area contributed by atoms with Crippen molar-refractivity contribution in [2.75, 3.05) is 19.7 Å². The summed E-state index contributed by atoms with van der Waals surface area (Å²) in [4.78, 5) is 47.8. The first kappa shape index (κ1) is 41.7. The Morgan fingerprint density at radius 3 is 2.43 bits per heavy atom. The minimum atomic E-state index is -1.32. The maximum Gasteiger partial charge on any atom is 0.349 e. The Labute approximate surface area is 313 Å². The van der Waals surface area contributed by atoms with Crippen LogP contribution in [0.1, 0.15) is 68.9 Å². The molecule has 4 aliphatic rings. The third kappa shape index (κ3) is 9.86. The summed E-state index contributed by atoms with van der Waals surface area (Å²) in [6.45, 7) is 5.29. The highest BCUT2D eigenvalue weighted by Crippen LogP contribution is 2.29. The quantitative estimate of drug-likeness (QED) is 0.0551. The second-order valence-electron chi connectivity index (χ2n) is 14.6. The van der Waals surface area contributed by atoms with Gasteiger partial charge < -0.3 is 62.3 Å². The number of ether oxygens (including phenoxy) is 3. The molecule has 1 aromatic rings. The first-order valence-electron chi connectivity index (χ1n) is 18.9. The number of nitrogens with one attached hydrogen (secondary N) is 2. The van der Waals surface area contributed by atoms with Gasteiger partial charge in [0, 0.05) is 44.7 Å². The Kier molecular flexibility index (Phi) is 14.6. The number of benzene rings is 1. The molecule has 3 heterocycles. The van der Waals surface area contributed by atoms with Crippen LogP contribution in [0, 0.1) is 13.8 Å². The molecule has 2 fully saturated rings. The second kappa shape index (κ2) is 18.9. The predicted octanol–water partition coefficient (Wildman–Crippen LogP) is -1.64. The Morgan fingerprint density at radius 2 is 1.67 bits per heavy atom. The molecule has 18 heteroatoms. The molecule has 0 aromatic heterocycles. The predicted molar refractivity (Wildman–Crippen MR) is 199 cm³/mol. The highest BCUT2D eigenvalue weighted by atomic mass is 16.7. The lowest BCUT2D eigenvalue weighted by atomic mass is 9.84. The largest absolute Gasteiger partial charge is 0.389 e. The fourth-order valence-electron chi connectivity index (χ4n) is 7.19. The van der Waals surface area contributed by atoms with E-state index >= 15 is 0 Å². The summed E-state index contributed by atoms with van der Waals surface area (Å²) >= 11 is 0. The van der Waals surface area contributed by atoms with Crippen molar-refractivity contribution in [2.45, 2.75) is 139 Å². The van der Waals surface area contributed by atoms with Gasteiger partial charge in [-0.3, -0.25) is 14.6 Å². The molecule has 1 amide bonds. The maximum atomic E-state index is 12.5.